The molecule has 1 nitrogen and oxygen atoms in total. The van der Waals surface area contributed by atoms with E-state index >= 15 is 0 Å². The molecule has 0 spiro atoms. The molecule has 0 aromatic rings. The third-order valence-corrected chi connectivity index (χ3v) is 7.85. The summed E-state index contributed by atoms with van der Waals surface area (Å²) in [5.74, 6) is 0. The van der Waals surface area contributed by atoms with Crippen molar-refractivity contribution < 1.29 is 3.97 Å². The van der Waals surface area contributed by atoms with Crippen molar-refractivity contribution >= 4 is 37.9 Å². The molecule has 0 aliphatic carbocycles. The standard InChI is InChI=1S/C4H10IOPS/c1-2-7(3-4-7)6-8-5/h7H,2-4H2,1H3. The maximum absolute atomic E-state index is 5.53. The van der Waals surface area contributed by atoms with Gasteiger partial charge in [-0.25, -0.2) is 0 Å². The summed E-state index contributed by atoms with van der Waals surface area (Å²) in [6.45, 7) is 2.24. The van der Waals surface area contributed by atoms with E-state index in [1.165, 1.54) is 27.7 Å². The molecule has 0 aromatic carbocycles. The van der Waals surface area contributed by atoms with E-state index in [-0.39, 0.29) is 0 Å². The molecule has 1 rings (SSSR count). The van der Waals surface area contributed by atoms with Gasteiger partial charge in [0.05, 0.1) is 0 Å². The second-order valence-electron chi connectivity index (χ2n) is 2.18. The van der Waals surface area contributed by atoms with E-state index in [1.807, 2.05) is 0 Å². The van der Waals surface area contributed by atoms with E-state index in [0.717, 1.165) is 0 Å². The predicted molar refractivity (Wildman–Crippen MR) is 51.3 cm³/mol. The molecule has 0 atom stereocenters. The van der Waals surface area contributed by atoms with Crippen molar-refractivity contribution in [2.45, 2.75) is 6.92 Å². The van der Waals surface area contributed by atoms with E-state index in [2.05, 4.69) is 28.1 Å². The van der Waals surface area contributed by atoms with Gasteiger partial charge >= 0.3 is 67.3 Å². The Morgan fingerprint density at radius 1 is 1.75 bits per heavy atom. The van der Waals surface area contributed by atoms with Crippen molar-refractivity contribution in [2.75, 3.05) is 18.5 Å². The Balaban J connectivity index is 2.20. The molecule has 0 bridgehead atoms. The van der Waals surface area contributed by atoms with Crippen LogP contribution in [0, 0.1) is 0 Å². The van der Waals surface area contributed by atoms with Crippen LogP contribution in [0.4, 0.5) is 0 Å². The number of hydrogen-bond acceptors (Lipinski definition) is 2. The van der Waals surface area contributed by atoms with Crippen molar-refractivity contribution in [2.24, 2.45) is 0 Å². The Bertz CT molecular complexity index is 86.1. The van der Waals surface area contributed by atoms with Gasteiger partial charge < -0.3 is 0 Å². The van der Waals surface area contributed by atoms with Gasteiger partial charge in [-0.15, -0.1) is 0 Å². The third kappa shape index (κ3) is 1.72. The van der Waals surface area contributed by atoms with Crippen molar-refractivity contribution in [3.05, 3.63) is 0 Å². The first-order valence-electron chi connectivity index (χ1n) is 2.79. The summed E-state index contributed by atoms with van der Waals surface area (Å²) in [6.07, 6.45) is 4.11. The van der Waals surface area contributed by atoms with Crippen LogP contribution in [0.2, 0.25) is 0 Å². The van der Waals surface area contributed by atoms with Crippen LogP contribution in [0.3, 0.4) is 0 Å². The summed E-state index contributed by atoms with van der Waals surface area (Å²) in [4.78, 5) is 0. The van der Waals surface area contributed by atoms with Crippen molar-refractivity contribution in [3.63, 3.8) is 0 Å². The molecule has 50 valence electrons. The SMILES string of the molecule is CC[PH]1(OSI)CC1. The summed E-state index contributed by atoms with van der Waals surface area (Å²) in [5, 5.41) is 0. The topological polar surface area (TPSA) is 9.23 Å². The summed E-state index contributed by atoms with van der Waals surface area (Å²) in [7, 11) is 0.556. The monoisotopic (exact) mass is 264 g/mol. The molecule has 1 fully saturated rings. The number of rotatable bonds is 3. The van der Waals surface area contributed by atoms with Gasteiger partial charge in [-0.1, -0.05) is 0 Å². The van der Waals surface area contributed by atoms with E-state index < -0.39 is 7.49 Å². The molecular formula is C4H10IOPS. The van der Waals surface area contributed by atoms with Crippen LogP contribution in [0.5, 0.6) is 0 Å². The molecule has 1 aliphatic rings. The first kappa shape index (κ1) is 7.58. The fraction of sp³-hybridized carbons (Fsp3) is 1.00. The minimum absolute atomic E-state index is 0.972. The van der Waals surface area contributed by atoms with Gasteiger partial charge in [0, 0.05) is 0 Å². The van der Waals surface area contributed by atoms with E-state index in [0.29, 0.717) is 0 Å². The van der Waals surface area contributed by atoms with Gasteiger partial charge in [0.25, 0.3) is 0 Å². The summed E-state index contributed by atoms with van der Waals surface area (Å²) < 4.78 is 5.53. The molecule has 8 heavy (non-hydrogen) atoms. The maximum atomic E-state index is 5.53. The minimum atomic E-state index is -0.972. The fourth-order valence-electron chi connectivity index (χ4n) is 0.702. The van der Waals surface area contributed by atoms with Gasteiger partial charge in [-0.3, -0.25) is 0 Å². The predicted octanol–water partition coefficient (Wildman–Crippen LogP) is 2.70. The van der Waals surface area contributed by atoms with Gasteiger partial charge in [0.15, 0.2) is 0 Å². The summed E-state index contributed by atoms with van der Waals surface area (Å²) in [6, 6.07) is 0. The van der Waals surface area contributed by atoms with Crippen molar-refractivity contribution in [1.29, 1.82) is 0 Å². The Hall–Kier alpha value is 1.47. The van der Waals surface area contributed by atoms with E-state index in [1.54, 1.807) is 0 Å². The Morgan fingerprint density at radius 3 is 2.50 bits per heavy atom. The third-order valence-electron chi connectivity index (χ3n) is 1.66. The number of hydrogen-bond donors (Lipinski definition) is 0. The van der Waals surface area contributed by atoms with Crippen molar-refractivity contribution in [1.82, 2.24) is 0 Å². The molecule has 0 saturated carbocycles. The van der Waals surface area contributed by atoms with Gasteiger partial charge in [-0.2, -0.15) is 0 Å². The molecule has 0 unspecified atom stereocenters. The second-order valence-corrected chi connectivity index (χ2v) is 8.13. The van der Waals surface area contributed by atoms with Crippen molar-refractivity contribution in [3.8, 4) is 0 Å². The first-order chi connectivity index (χ1) is 3.83. The van der Waals surface area contributed by atoms with Gasteiger partial charge in [0.2, 0.25) is 0 Å². The molecule has 1 heterocycles. The molecule has 1 aliphatic heterocycles. The Labute approximate surface area is 67.2 Å². The molecule has 1 saturated heterocycles. The van der Waals surface area contributed by atoms with Gasteiger partial charge in [-0.05, 0) is 0 Å². The second kappa shape index (κ2) is 3.04. The Morgan fingerprint density at radius 2 is 2.38 bits per heavy atom. The van der Waals surface area contributed by atoms with Gasteiger partial charge in [0.1, 0.15) is 0 Å². The van der Waals surface area contributed by atoms with E-state index in [9.17, 15) is 0 Å². The van der Waals surface area contributed by atoms with Crippen LogP contribution in [0.15, 0.2) is 0 Å². The van der Waals surface area contributed by atoms with Crippen LogP contribution >= 0.6 is 37.9 Å². The zero-order valence-electron chi connectivity index (χ0n) is 4.82. The quantitative estimate of drug-likeness (QED) is 0.440. The molecule has 0 amide bonds. The van der Waals surface area contributed by atoms with Crippen LogP contribution < -0.4 is 0 Å². The van der Waals surface area contributed by atoms with Crippen LogP contribution in [0.25, 0.3) is 0 Å². The average Bonchev–Trinajstić information content (AvgIpc) is 2.50. The zero-order chi connectivity index (χ0) is 6.04. The van der Waals surface area contributed by atoms with Crippen LogP contribution in [-0.2, 0) is 3.97 Å². The number of halogens is 1. The molecule has 4 heteroatoms. The fourth-order valence-corrected chi connectivity index (χ4v) is 7.63. The molecular weight excluding hydrogens is 254 g/mol. The molecule has 0 N–H and O–H groups in total. The van der Waals surface area contributed by atoms with Crippen LogP contribution in [0.1, 0.15) is 6.92 Å². The molecule has 0 radical (unpaired) electrons. The summed E-state index contributed by atoms with van der Waals surface area (Å²) >= 11 is 2.21. The normalized spacial score (nSPS) is 27.2. The summed E-state index contributed by atoms with van der Waals surface area (Å²) in [5.41, 5.74) is 0. The Kier molecular flexibility index (Phi) is 2.88. The first-order valence-corrected chi connectivity index (χ1v) is 8.61. The van der Waals surface area contributed by atoms with Crippen LogP contribution in [-0.4, -0.2) is 18.5 Å². The van der Waals surface area contributed by atoms with E-state index in [4.69, 9.17) is 3.97 Å². The molecule has 0 aromatic heterocycles. The zero-order valence-corrected chi connectivity index (χ0v) is 8.79. The average molecular weight is 264 g/mol.